The van der Waals surface area contributed by atoms with E-state index >= 15 is 0 Å². The molecule has 2 rings (SSSR count). The first kappa shape index (κ1) is 17.0. The van der Waals surface area contributed by atoms with Crippen LogP contribution in [0.4, 0.5) is 0 Å². The second-order valence-electron chi connectivity index (χ2n) is 6.38. The third kappa shape index (κ3) is 4.81. The van der Waals surface area contributed by atoms with Crippen molar-refractivity contribution in [3.8, 4) is 0 Å². The summed E-state index contributed by atoms with van der Waals surface area (Å²) in [4.78, 5) is 24.0. The summed E-state index contributed by atoms with van der Waals surface area (Å²) in [6.45, 7) is 5.94. The van der Waals surface area contributed by atoms with Crippen LogP contribution in [-0.4, -0.2) is 23.9 Å². The molecule has 0 aliphatic heterocycles. The maximum absolute atomic E-state index is 12.1. The Labute approximate surface area is 137 Å². The molecule has 0 radical (unpaired) electrons. The minimum Gasteiger partial charge on any atom is -0.350 e. The lowest BCUT2D eigenvalue weighted by molar-refractivity contribution is -0.126. The van der Waals surface area contributed by atoms with Gasteiger partial charge in [-0.3, -0.25) is 9.59 Å². The zero-order chi connectivity index (χ0) is 16.9. The van der Waals surface area contributed by atoms with Crippen LogP contribution in [0.2, 0.25) is 0 Å². The van der Waals surface area contributed by atoms with Gasteiger partial charge in [-0.1, -0.05) is 49.4 Å². The molecule has 0 unspecified atom stereocenters. The Bertz CT molecular complexity index is 702. The lowest BCUT2D eigenvalue weighted by Gasteiger charge is -2.24. The number of fused-ring (bicyclic) bond motifs is 1. The zero-order valence-corrected chi connectivity index (χ0v) is 14.0. The van der Waals surface area contributed by atoms with Crippen LogP contribution >= 0.6 is 0 Å². The van der Waals surface area contributed by atoms with E-state index in [1.807, 2.05) is 63.2 Å². The van der Waals surface area contributed by atoms with Gasteiger partial charge in [-0.15, -0.1) is 0 Å². The molecular weight excluding hydrogens is 288 g/mol. The van der Waals surface area contributed by atoms with Gasteiger partial charge in [-0.05, 0) is 36.6 Å². The van der Waals surface area contributed by atoms with Crippen molar-refractivity contribution in [1.82, 2.24) is 10.6 Å². The van der Waals surface area contributed by atoms with Crippen LogP contribution < -0.4 is 10.6 Å². The largest absolute Gasteiger partial charge is 0.350 e. The maximum Gasteiger partial charge on any atom is 0.239 e. The SMILES string of the molecule is CCC(C)(C)NC(=O)CNC(=O)Cc1cccc2ccccc12. The number of carbonyl (C=O) groups excluding carboxylic acids is 2. The molecule has 0 heterocycles. The highest BCUT2D eigenvalue weighted by Crippen LogP contribution is 2.18. The van der Waals surface area contributed by atoms with Crippen molar-refractivity contribution in [3.05, 3.63) is 48.0 Å². The number of hydrogen-bond donors (Lipinski definition) is 2. The van der Waals surface area contributed by atoms with Gasteiger partial charge in [-0.25, -0.2) is 0 Å². The highest BCUT2D eigenvalue weighted by Gasteiger charge is 2.18. The third-order valence-electron chi connectivity index (χ3n) is 4.04. The van der Waals surface area contributed by atoms with Gasteiger partial charge in [-0.2, -0.15) is 0 Å². The number of benzene rings is 2. The van der Waals surface area contributed by atoms with Crippen molar-refractivity contribution in [3.63, 3.8) is 0 Å². The Kier molecular flexibility index (Phi) is 5.37. The van der Waals surface area contributed by atoms with Crippen LogP contribution in [0.15, 0.2) is 42.5 Å². The Morgan fingerprint density at radius 2 is 1.70 bits per heavy atom. The summed E-state index contributed by atoms with van der Waals surface area (Å²) in [5.41, 5.74) is 0.715. The summed E-state index contributed by atoms with van der Waals surface area (Å²) in [5.74, 6) is -0.311. The van der Waals surface area contributed by atoms with E-state index in [2.05, 4.69) is 10.6 Å². The van der Waals surface area contributed by atoms with Crippen molar-refractivity contribution >= 4 is 22.6 Å². The van der Waals surface area contributed by atoms with Gasteiger partial charge < -0.3 is 10.6 Å². The summed E-state index contributed by atoms with van der Waals surface area (Å²) in [5, 5.41) is 7.77. The van der Waals surface area contributed by atoms with E-state index in [4.69, 9.17) is 0 Å². The van der Waals surface area contributed by atoms with Crippen LogP contribution in [-0.2, 0) is 16.0 Å². The quantitative estimate of drug-likeness (QED) is 0.861. The van der Waals surface area contributed by atoms with Gasteiger partial charge >= 0.3 is 0 Å². The molecule has 0 bridgehead atoms. The highest BCUT2D eigenvalue weighted by atomic mass is 16.2. The first-order chi connectivity index (χ1) is 10.9. The van der Waals surface area contributed by atoms with Gasteiger partial charge in [0.2, 0.25) is 11.8 Å². The minimum absolute atomic E-state index is 0.00697. The maximum atomic E-state index is 12.1. The molecule has 122 valence electrons. The fourth-order valence-corrected chi connectivity index (χ4v) is 2.37. The second-order valence-corrected chi connectivity index (χ2v) is 6.38. The van der Waals surface area contributed by atoms with E-state index in [1.54, 1.807) is 0 Å². The van der Waals surface area contributed by atoms with Gasteiger partial charge in [0.1, 0.15) is 0 Å². The molecule has 0 spiro atoms. The molecule has 0 aliphatic carbocycles. The molecular formula is C19H24N2O2. The molecule has 0 aromatic heterocycles. The Hall–Kier alpha value is -2.36. The predicted molar refractivity (Wildman–Crippen MR) is 93.2 cm³/mol. The fraction of sp³-hybridized carbons (Fsp3) is 0.368. The van der Waals surface area contributed by atoms with E-state index in [-0.39, 0.29) is 30.3 Å². The van der Waals surface area contributed by atoms with Crippen molar-refractivity contribution in [2.24, 2.45) is 0 Å². The van der Waals surface area contributed by atoms with Gasteiger partial charge in [0, 0.05) is 5.54 Å². The number of amides is 2. The van der Waals surface area contributed by atoms with Gasteiger partial charge in [0.15, 0.2) is 0 Å². The zero-order valence-electron chi connectivity index (χ0n) is 14.0. The Morgan fingerprint density at radius 3 is 2.43 bits per heavy atom. The lowest BCUT2D eigenvalue weighted by atomic mass is 10.0. The molecule has 2 aromatic rings. The van der Waals surface area contributed by atoms with Crippen molar-refractivity contribution in [2.45, 2.75) is 39.2 Å². The summed E-state index contributed by atoms with van der Waals surface area (Å²) >= 11 is 0. The topological polar surface area (TPSA) is 58.2 Å². The average Bonchev–Trinajstić information content (AvgIpc) is 2.53. The molecule has 2 N–H and O–H groups in total. The fourth-order valence-electron chi connectivity index (χ4n) is 2.37. The Balaban J connectivity index is 1.93. The first-order valence-corrected chi connectivity index (χ1v) is 7.95. The third-order valence-corrected chi connectivity index (χ3v) is 4.04. The molecule has 0 fully saturated rings. The summed E-state index contributed by atoms with van der Waals surface area (Å²) in [7, 11) is 0. The predicted octanol–water partition coefficient (Wildman–Crippen LogP) is 2.80. The molecule has 4 nitrogen and oxygen atoms in total. The summed E-state index contributed by atoms with van der Waals surface area (Å²) in [6.07, 6.45) is 1.11. The van der Waals surface area contributed by atoms with Crippen LogP contribution in [0.1, 0.15) is 32.8 Å². The normalized spacial score (nSPS) is 11.3. The van der Waals surface area contributed by atoms with Crippen molar-refractivity contribution in [2.75, 3.05) is 6.54 Å². The average molecular weight is 312 g/mol. The van der Waals surface area contributed by atoms with E-state index in [1.165, 1.54) is 0 Å². The van der Waals surface area contributed by atoms with Crippen LogP contribution in [0.3, 0.4) is 0 Å². The molecule has 4 heteroatoms. The van der Waals surface area contributed by atoms with E-state index in [0.29, 0.717) is 0 Å². The smallest absolute Gasteiger partial charge is 0.239 e. The number of nitrogens with one attached hydrogen (secondary N) is 2. The second kappa shape index (κ2) is 7.27. The molecule has 0 aliphatic rings. The van der Waals surface area contributed by atoms with Crippen LogP contribution in [0.25, 0.3) is 10.8 Å². The number of carbonyl (C=O) groups is 2. The Morgan fingerprint density at radius 1 is 1.00 bits per heavy atom. The highest BCUT2D eigenvalue weighted by molar-refractivity contribution is 5.91. The monoisotopic (exact) mass is 312 g/mol. The van der Waals surface area contributed by atoms with Gasteiger partial charge in [0.05, 0.1) is 13.0 Å². The van der Waals surface area contributed by atoms with Crippen molar-refractivity contribution < 1.29 is 9.59 Å². The molecule has 23 heavy (non-hydrogen) atoms. The summed E-state index contributed by atoms with van der Waals surface area (Å²) < 4.78 is 0. The van der Waals surface area contributed by atoms with Crippen molar-refractivity contribution in [1.29, 1.82) is 0 Å². The van der Waals surface area contributed by atoms with Gasteiger partial charge in [0.25, 0.3) is 0 Å². The van der Waals surface area contributed by atoms with Crippen LogP contribution in [0, 0.1) is 0 Å². The number of rotatable bonds is 6. The molecule has 0 saturated heterocycles. The first-order valence-electron chi connectivity index (χ1n) is 7.95. The summed E-state index contributed by atoms with van der Waals surface area (Å²) in [6, 6.07) is 13.9. The minimum atomic E-state index is -0.253. The van der Waals surface area contributed by atoms with E-state index < -0.39 is 0 Å². The van der Waals surface area contributed by atoms with E-state index in [9.17, 15) is 9.59 Å². The van der Waals surface area contributed by atoms with Crippen LogP contribution in [0.5, 0.6) is 0 Å². The number of hydrogen-bond acceptors (Lipinski definition) is 2. The standard InChI is InChI=1S/C19H24N2O2/c1-4-19(2,3)21-18(23)13-20-17(22)12-15-10-7-9-14-8-5-6-11-16(14)15/h5-11H,4,12-13H2,1-3H3,(H,20,22)(H,21,23). The molecule has 2 aromatic carbocycles. The molecule has 0 saturated carbocycles. The molecule has 2 amide bonds. The van der Waals surface area contributed by atoms with E-state index in [0.717, 1.165) is 22.8 Å². The molecule has 0 atom stereocenters. The lowest BCUT2D eigenvalue weighted by Crippen LogP contribution is -2.47.